The van der Waals surface area contributed by atoms with Gasteiger partial charge in [0.2, 0.25) is 0 Å². The molecule has 0 aromatic rings. The van der Waals surface area contributed by atoms with Crippen molar-refractivity contribution >= 4 is 7.85 Å². The van der Waals surface area contributed by atoms with Crippen molar-refractivity contribution in [1.82, 2.24) is 0 Å². The minimum atomic E-state index is -2.67. The molecule has 0 bridgehead atoms. The third kappa shape index (κ3) is 2.79. The SMILES string of the molecule is BC(C)C(F)(F)COC. The van der Waals surface area contributed by atoms with Crippen LogP contribution in [0.4, 0.5) is 8.78 Å². The summed E-state index contributed by atoms with van der Waals surface area (Å²) < 4.78 is 29.2. The van der Waals surface area contributed by atoms with Gasteiger partial charge in [0.25, 0.3) is 5.92 Å². The van der Waals surface area contributed by atoms with Crippen molar-refractivity contribution in [1.29, 1.82) is 0 Å². The molecule has 0 aliphatic rings. The Morgan fingerprint density at radius 1 is 1.67 bits per heavy atom. The molecule has 0 radical (unpaired) electrons. The Labute approximate surface area is 54.8 Å². The fraction of sp³-hybridized carbons (Fsp3) is 1.00. The van der Waals surface area contributed by atoms with Gasteiger partial charge in [-0.25, -0.2) is 8.78 Å². The molecule has 4 heteroatoms. The highest BCUT2D eigenvalue weighted by Gasteiger charge is 2.32. The minimum Gasteiger partial charge on any atom is -0.378 e. The predicted octanol–water partition coefficient (Wildman–Crippen LogP) is 0.710. The van der Waals surface area contributed by atoms with Gasteiger partial charge in [-0.2, -0.15) is 0 Å². The molecule has 0 saturated heterocycles. The van der Waals surface area contributed by atoms with Crippen LogP contribution in [-0.4, -0.2) is 27.5 Å². The van der Waals surface area contributed by atoms with Gasteiger partial charge in [0.05, 0.1) is 0 Å². The van der Waals surface area contributed by atoms with Crippen LogP contribution in [0, 0.1) is 0 Å². The molecule has 1 unspecified atom stereocenters. The molecule has 0 aromatic heterocycles. The summed E-state index contributed by atoms with van der Waals surface area (Å²) in [6.45, 7) is 0.990. The number of hydrogen-bond donors (Lipinski definition) is 0. The van der Waals surface area contributed by atoms with Gasteiger partial charge < -0.3 is 4.74 Å². The molecule has 0 aliphatic heterocycles. The topological polar surface area (TPSA) is 9.23 Å². The second-order valence-electron chi connectivity index (χ2n) is 2.35. The molecule has 0 saturated carbocycles. The van der Waals surface area contributed by atoms with E-state index in [-0.39, 0.29) is 0 Å². The summed E-state index contributed by atoms with van der Waals surface area (Å²) in [4.78, 5) is 0. The Hall–Kier alpha value is -0.115. The van der Waals surface area contributed by atoms with Crippen LogP contribution < -0.4 is 0 Å². The van der Waals surface area contributed by atoms with Crippen molar-refractivity contribution in [3.63, 3.8) is 0 Å². The highest BCUT2D eigenvalue weighted by molar-refractivity contribution is 6.12. The van der Waals surface area contributed by atoms with E-state index < -0.39 is 18.3 Å². The second-order valence-corrected chi connectivity index (χ2v) is 2.35. The number of methoxy groups -OCH3 is 1. The zero-order valence-corrected chi connectivity index (χ0v) is 5.95. The molecule has 0 heterocycles. The Bertz CT molecular complexity index is 85.0. The van der Waals surface area contributed by atoms with Gasteiger partial charge in [0.1, 0.15) is 14.5 Å². The summed E-state index contributed by atoms with van der Waals surface area (Å²) in [5.74, 6) is -3.31. The molecular formula is C5H11BF2O. The van der Waals surface area contributed by atoms with Crippen LogP contribution >= 0.6 is 0 Å². The number of ether oxygens (including phenoxy) is 1. The van der Waals surface area contributed by atoms with E-state index in [0.29, 0.717) is 0 Å². The van der Waals surface area contributed by atoms with E-state index in [2.05, 4.69) is 4.74 Å². The van der Waals surface area contributed by atoms with E-state index in [1.54, 1.807) is 0 Å². The fourth-order valence-electron chi connectivity index (χ4n) is 0.359. The van der Waals surface area contributed by atoms with Crippen molar-refractivity contribution in [2.24, 2.45) is 0 Å². The van der Waals surface area contributed by atoms with E-state index in [1.807, 2.05) is 0 Å². The van der Waals surface area contributed by atoms with E-state index in [9.17, 15) is 8.78 Å². The van der Waals surface area contributed by atoms with Gasteiger partial charge in [0, 0.05) is 7.11 Å². The third-order valence-electron chi connectivity index (χ3n) is 1.18. The molecule has 54 valence electrons. The number of alkyl halides is 2. The van der Waals surface area contributed by atoms with E-state index >= 15 is 0 Å². The Morgan fingerprint density at radius 3 is 2.22 bits per heavy atom. The van der Waals surface area contributed by atoms with Crippen LogP contribution in [0.25, 0.3) is 0 Å². The molecule has 0 spiro atoms. The molecular weight excluding hydrogens is 125 g/mol. The van der Waals surface area contributed by atoms with Crippen LogP contribution in [-0.2, 0) is 4.74 Å². The van der Waals surface area contributed by atoms with Crippen molar-refractivity contribution < 1.29 is 13.5 Å². The maximum absolute atomic E-state index is 12.4. The summed E-state index contributed by atoms with van der Waals surface area (Å²) in [6.07, 6.45) is 0. The number of hydrogen-bond acceptors (Lipinski definition) is 1. The quantitative estimate of drug-likeness (QED) is 0.519. The lowest BCUT2D eigenvalue weighted by Crippen LogP contribution is -2.27. The van der Waals surface area contributed by atoms with Crippen molar-refractivity contribution in [3.8, 4) is 0 Å². The lowest BCUT2D eigenvalue weighted by atomic mass is 9.84. The number of halogens is 2. The molecule has 1 nitrogen and oxygen atoms in total. The normalized spacial score (nSPS) is 15.6. The smallest absolute Gasteiger partial charge is 0.266 e. The van der Waals surface area contributed by atoms with E-state index in [4.69, 9.17) is 0 Å². The van der Waals surface area contributed by atoms with Gasteiger partial charge in [-0.05, 0) is 5.82 Å². The van der Waals surface area contributed by atoms with Crippen molar-refractivity contribution in [3.05, 3.63) is 0 Å². The van der Waals surface area contributed by atoms with Crippen LogP contribution in [0.2, 0.25) is 5.82 Å². The molecule has 0 aliphatic carbocycles. The lowest BCUT2D eigenvalue weighted by molar-refractivity contribution is -0.0652. The summed E-state index contributed by atoms with van der Waals surface area (Å²) in [5, 5.41) is 0. The summed E-state index contributed by atoms with van der Waals surface area (Å²) in [5.41, 5.74) is 0. The molecule has 9 heavy (non-hydrogen) atoms. The summed E-state index contributed by atoms with van der Waals surface area (Å²) >= 11 is 0. The van der Waals surface area contributed by atoms with Crippen LogP contribution in [0.15, 0.2) is 0 Å². The van der Waals surface area contributed by atoms with Crippen LogP contribution in [0.1, 0.15) is 6.92 Å². The van der Waals surface area contributed by atoms with Crippen LogP contribution in [0.3, 0.4) is 0 Å². The summed E-state index contributed by atoms with van der Waals surface area (Å²) in [6, 6.07) is 0. The molecule has 0 aromatic carbocycles. The average Bonchev–Trinajstić information content (AvgIpc) is 1.65. The Balaban J connectivity index is 3.70. The first-order valence-electron chi connectivity index (χ1n) is 2.87. The van der Waals surface area contributed by atoms with Gasteiger partial charge in [-0.15, -0.1) is 0 Å². The maximum Gasteiger partial charge on any atom is 0.266 e. The zero-order valence-electron chi connectivity index (χ0n) is 5.95. The third-order valence-corrected chi connectivity index (χ3v) is 1.18. The number of rotatable bonds is 3. The van der Waals surface area contributed by atoms with E-state index in [0.717, 1.165) is 0 Å². The van der Waals surface area contributed by atoms with Crippen LogP contribution in [0.5, 0.6) is 0 Å². The van der Waals surface area contributed by atoms with Gasteiger partial charge in [0.15, 0.2) is 0 Å². The van der Waals surface area contributed by atoms with Crippen molar-refractivity contribution in [2.45, 2.75) is 18.7 Å². The Kier molecular flexibility index (Phi) is 3.11. The molecule has 0 fully saturated rings. The van der Waals surface area contributed by atoms with Crippen molar-refractivity contribution in [2.75, 3.05) is 13.7 Å². The second kappa shape index (κ2) is 3.15. The molecule has 0 N–H and O–H groups in total. The lowest BCUT2D eigenvalue weighted by Gasteiger charge is -2.18. The first kappa shape index (κ1) is 8.88. The standard InChI is InChI=1S/C5H11BF2O/c1-4(6)5(7,8)3-9-2/h4H,3,6H2,1-2H3. The van der Waals surface area contributed by atoms with Gasteiger partial charge in [-0.3, -0.25) is 0 Å². The minimum absolute atomic E-state index is 0.481. The Morgan fingerprint density at radius 2 is 2.11 bits per heavy atom. The monoisotopic (exact) mass is 136 g/mol. The van der Waals surface area contributed by atoms with Gasteiger partial charge >= 0.3 is 0 Å². The molecule has 0 rings (SSSR count). The first-order valence-corrected chi connectivity index (χ1v) is 2.87. The highest BCUT2D eigenvalue weighted by Crippen LogP contribution is 2.26. The highest BCUT2D eigenvalue weighted by atomic mass is 19.3. The first-order chi connectivity index (χ1) is 4.00. The molecule has 0 amide bonds. The fourth-order valence-corrected chi connectivity index (χ4v) is 0.359. The average molecular weight is 136 g/mol. The van der Waals surface area contributed by atoms with Gasteiger partial charge in [-0.1, -0.05) is 6.92 Å². The largest absolute Gasteiger partial charge is 0.378 e. The van der Waals surface area contributed by atoms with E-state index in [1.165, 1.54) is 21.9 Å². The maximum atomic E-state index is 12.4. The zero-order chi connectivity index (χ0) is 7.49. The predicted molar refractivity (Wildman–Crippen MR) is 34.8 cm³/mol. The summed E-state index contributed by atoms with van der Waals surface area (Å²) in [7, 11) is 2.75. The molecule has 1 atom stereocenters.